The van der Waals surface area contributed by atoms with Crippen molar-refractivity contribution in [2.45, 2.75) is 26.7 Å². The summed E-state index contributed by atoms with van der Waals surface area (Å²) < 4.78 is 0. The van der Waals surface area contributed by atoms with Crippen LogP contribution in [-0.4, -0.2) is 29.1 Å². The Balaban J connectivity index is 2.35. The molecule has 1 atom stereocenters. The van der Waals surface area contributed by atoms with Crippen molar-refractivity contribution in [1.29, 1.82) is 0 Å². The van der Waals surface area contributed by atoms with Gasteiger partial charge in [0, 0.05) is 25.0 Å². The highest BCUT2D eigenvalue weighted by molar-refractivity contribution is 5.94. The first-order valence-electron chi connectivity index (χ1n) is 6.03. The molecule has 1 fully saturated rings. The Hall–Kier alpha value is -1.58. The van der Waals surface area contributed by atoms with E-state index in [1.54, 1.807) is 0 Å². The van der Waals surface area contributed by atoms with Gasteiger partial charge in [-0.2, -0.15) is 0 Å². The number of carbonyl (C=O) groups is 1. The van der Waals surface area contributed by atoms with Gasteiger partial charge in [-0.15, -0.1) is 0 Å². The van der Waals surface area contributed by atoms with Crippen LogP contribution in [0.5, 0.6) is 0 Å². The SMILES string of the molecule is Cc1cc(N2CCCC(C)C2)c(C(=O)O)cn1. The Labute approximate surface area is 101 Å². The molecule has 1 aliphatic heterocycles. The monoisotopic (exact) mass is 234 g/mol. The summed E-state index contributed by atoms with van der Waals surface area (Å²) in [5, 5.41) is 9.19. The van der Waals surface area contributed by atoms with Crippen molar-refractivity contribution in [2.24, 2.45) is 5.92 Å². The van der Waals surface area contributed by atoms with Crippen LogP contribution >= 0.6 is 0 Å². The van der Waals surface area contributed by atoms with E-state index < -0.39 is 5.97 Å². The molecule has 4 heteroatoms. The number of aromatic carboxylic acids is 1. The first-order chi connectivity index (χ1) is 8.08. The van der Waals surface area contributed by atoms with E-state index >= 15 is 0 Å². The lowest BCUT2D eigenvalue weighted by molar-refractivity contribution is 0.0697. The Morgan fingerprint density at radius 1 is 1.59 bits per heavy atom. The van der Waals surface area contributed by atoms with Gasteiger partial charge in [0.15, 0.2) is 0 Å². The largest absolute Gasteiger partial charge is 0.478 e. The summed E-state index contributed by atoms with van der Waals surface area (Å²) in [5.41, 5.74) is 1.99. The van der Waals surface area contributed by atoms with Crippen LogP contribution in [0.25, 0.3) is 0 Å². The fraction of sp³-hybridized carbons (Fsp3) is 0.538. The lowest BCUT2D eigenvalue weighted by Gasteiger charge is -2.33. The molecule has 2 rings (SSSR count). The molecule has 1 N–H and O–H groups in total. The molecular formula is C13H18N2O2. The second kappa shape index (κ2) is 4.73. The van der Waals surface area contributed by atoms with Crippen molar-refractivity contribution in [3.8, 4) is 0 Å². The van der Waals surface area contributed by atoms with E-state index in [4.69, 9.17) is 0 Å². The molecule has 0 aromatic carbocycles. The minimum Gasteiger partial charge on any atom is -0.478 e. The molecule has 0 aliphatic carbocycles. The van der Waals surface area contributed by atoms with Gasteiger partial charge in [0.1, 0.15) is 5.56 Å². The maximum Gasteiger partial charge on any atom is 0.339 e. The first-order valence-corrected chi connectivity index (χ1v) is 6.03. The molecule has 17 heavy (non-hydrogen) atoms. The van der Waals surface area contributed by atoms with Crippen molar-refractivity contribution in [3.63, 3.8) is 0 Å². The fourth-order valence-electron chi connectivity index (χ4n) is 2.38. The highest BCUT2D eigenvalue weighted by Crippen LogP contribution is 2.26. The number of hydrogen-bond acceptors (Lipinski definition) is 3. The van der Waals surface area contributed by atoms with E-state index in [0.29, 0.717) is 11.5 Å². The normalized spacial score (nSPS) is 20.4. The second-order valence-corrected chi connectivity index (χ2v) is 4.84. The minimum atomic E-state index is -0.897. The van der Waals surface area contributed by atoms with E-state index in [-0.39, 0.29) is 0 Å². The third kappa shape index (κ3) is 2.57. The summed E-state index contributed by atoms with van der Waals surface area (Å²) >= 11 is 0. The average molecular weight is 234 g/mol. The summed E-state index contributed by atoms with van der Waals surface area (Å²) in [6.07, 6.45) is 3.82. The van der Waals surface area contributed by atoms with Gasteiger partial charge < -0.3 is 10.0 Å². The molecule has 2 heterocycles. The van der Waals surface area contributed by atoms with Gasteiger partial charge in [-0.3, -0.25) is 4.98 Å². The number of carboxylic acid groups (broad SMARTS) is 1. The lowest BCUT2D eigenvalue weighted by atomic mass is 9.99. The number of carboxylic acids is 1. The standard InChI is InChI=1S/C13H18N2O2/c1-9-4-3-5-15(8-9)12-6-10(2)14-7-11(12)13(16)17/h6-7,9H,3-5,8H2,1-2H3,(H,16,17). The Morgan fingerprint density at radius 2 is 2.35 bits per heavy atom. The quantitative estimate of drug-likeness (QED) is 0.853. The third-order valence-electron chi connectivity index (χ3n) is 3.25. The lowest BCUT2D eigenvalue weighted by Crippen LogP contribution is -2.35. The summed E-state index contributed by atoms with van der Waals surface area (Å²) in [4.78, 5) is 17.4. The molecule has 92 valence electrons. The third-order valence-corrected chi connectivity index (χ3v) is 3.25. The fourth-order valence-corrected chi connectivity index (χ4v) is 2.38. The van der Waals surface area contributed by atoms with E-state index in [1.165, 1.54) is 12.6 Å². The smallest absolute Gasteiger partial charge is 0.339 e. The predicted octanol–water partition coefficient (Wildman–Crippen LogP) is 2.32. The van der Waals surface area contributed by atoms with Crippen LogP contribution in [0.2, 0.25) is 0 Å². The molecule has 1 aromatic heterocycles. The van der Waals surface area contributed by atoms with Crippen molar-refractivity contribution in [1.82, 2.24) is 4.98 Å². The highest BCUT2D eigenvalue weighted by Gasteiger charge is 2.21. The molecule has 1 saturated heterocycles. The number of hydrogen-bond donors (Lipinski definition) is 1. The van der Waals surface area contributed by atoms with Gasteiger partial charge in [0.2, 0.25) is 0 Å². The van der Waals surface area contributed by atoms with Crippen LogP contribution < -0.4 is 4.90 Å². The molecule has 1 aliphatic rings. The van der Waals surface area contributed by atoms with Crippen LogP contribution in [-0.2, 0) is 0 Å². The molecule has 0 bridgehead atoms. The molecule has 0 saturated carbocycles. The molecule has 1 aromatic rings. The second-order valence-electron chi connectivity index (χ2n) is 4.84. The summed E-state index contributed by atoms with van der Waals surface area (Å²) in [7, 11) is 0. The van der Waals surface area contributed by atoms with E-state index in [0.717, 1.165) is 30.9 Å². The number of pyridine rings is 1. The Morgan fingerprint density at radius 3 is 3.00 bits per heavy atom. The number of anilines is 1. The molecule has 0 radical (unpaired) electrons. The number of aryl methyl sites for hydroxylation is 1. The number of piperidine rings is 1. The summed E-state index contributed by atoms with van der Waals surface area (Å²) in [6.45, 7) is 5.97. The molecule has 0 spiro atoms. The van der Waals surface area contributed by atoms with Crippen molar-refractivity contribution in [3.05, 3.63) is 23.5 Å². The van der Waals surface area contributed by atoms with Gasteiger partial charge in [0.05, 0.1) is 5.69 Å². The first kappa shape index (κ1) is 11.9. The predicted molar refractivity (Wildman–Crippen MR) is 66.5 cm³/mol. The number of nitrogens with zero attached hydrogens (tertiary/aromatic N) is 2. The highest BCUT2D eigenvalue weighted by atomic mass is 16.4. The Bertz CT molecular complexity index is 431. The zero-order valence-electron chi connectivity index (χ0n) is 10.3. The maximum absolute atomic E-state index is 11.2. The maximum atomic E-state index is 11.2. The Kier molecular flexibility index (Phi) is 3.31. The van der Waals surface area contributed by atoms with Crippen LogP contribution in [0.1, 0.15) is 35.8 Å². The zero-order chi connectivity index (χ0) is 12.4. The van der Waals surface area contributed by atoms with Crippen LogP contribution in [0.3, 0.4) is 0 Å². The average Bonchev–Trinajstić information content (AvgIpc) is 2.28. The molecule has 0 amide bonds. The zero-order valence-corrected chi connectivity index (χ0v) is 10.3. The van der Waals surface area contributed by atoms with Crippen LogP contribution in [0.4, 0.5) is 5.69 Å². The minimum absolute atomic E-state index is 0.310. The van der Waals surface area contributed by atoms with Gasteiger partial charge in [-0.1, -0.05) is 6.92 Å². The van der Waals surface area contributed by atoms with E-state index in [9.17, 15) is 9.90 Å². The van der Waals surface area contributed by atoms with Crippen LogP contribution in [0.15, 0.2) is 12.3 Å². The van der Waals surface area contributed by atoms with E-state index in [2.05, 4.69) is 16.8 Å². The summed E-state index contributed by atoms with van der Waals surface area (Å²) in [5.74, 6) is -0.274. The van der Waals surface area contributed by atoms with Gasteiger partial charge in [-0.25, -0.2) is 4.79 Å². The van der Waals surface area contributed by atoms with Crippen LogP contribution in [0, 0.1) is 12.8 Å². The topological polar surface area (TPSA) is 53.4 Å². The van der Waals surface area contributed by atoms with E-state index in [1.807, 2.05) is 13.0 Å². The van der Waals surface area contributed by atoms with Gasteiger partial charge >= 0.3 is 5.97 Å². The number of aromatic nitrogens is 1. The molecule has 4 nitrogen and oxygen atoms in total. The molecule has 1 unspecified atom stereocenters. The summed E-state index contributed by atoms with van der Waals surface area (Å²) in [6, 6.07) is 1.88. The van der Waals surface area contributed by atoms with Gasteiger partial charge in [-0.05, 0) is 31.7 Å². The van der Waals surface area contributed by atoms with Crippen molar-refractivity contribution >= 4 is 11.7 Å². The van der Waals surface area contributed by atoms with Crippen molar-refractivity contribution in [2.75, 3.05) is 18.0 Å². The van der Waals surface area contributed by atoms with Crippen molar-refractivity contribution < 1.29 is 9.90 Å². The van der Waals surface area contributed by atoms with Gasteiger partial charge in [0.25, 0.3) is 0 Å². The molecular weight excluding hydrogens is 216 g/mol. The number of rotatable bonds is 2.